The van der Waals surface area contributed by atoms with Crippen LogP contribution in [0.3, 0.4) is 0 Å². The smallest absolute Gasteiger partial charge is 0.227 e. The van der Waals surface area contributed by atoms with Crippen molar-refractivity contribution in [1.29, 1.82) is 0 Å². The highest BCUT2D eigenvalue weighted by molar-refractivity contribution is 6.30. The van der Waals surface area contributed by atoms with Gasteiger partial charge in [0.05, 0.1) is 11.0 Å². The minimum absolute atomic E-state index is 0.0377. The molecule has 1 aliphatic heterocycles. The molecule has 1 aromatic heterocycles. The molecule has 0 N–H and O–H groups in total. The molecule has 0 spiro atoms. The second-order valence-corrected chi connectivity index (χ2v) is 7.99. The van der Waals surface area contributed by atoms with Gasteiger partial charge in [-0.3, -0.25) is 4.79 Å². The third-order valence-electron chi connectivity index (χ3n) is 5.55. The molecule has 1 atom stereocenters. The molecule has 1 fully saturated rings. The second kappa shape index (κ2) is 7.58. The lowest BCUT2D eigenvalue weighted by Crippen LogP contribution is -2.24. The zero-order chi connectivity index (χ0) is 20.7. The molecule has 0 unspecified atom stereocenters. The van der Waals surface area contributed by atoms with Gasteiger partial charge in [-0.05, 0) is 48.0 Å². The second-order valence-electron chi connectivity index (χ2n) is 7.56. The van der Waals surface area contributed by atoms with Crippen LogP contribution >= 0.6 is 11.6 Å². The highest BCUT2D eigenvalue weighted by Crippen LogP contribution is 2.34. The van der Waals surface area contributed by atoms with Gasteiger partial charge in [-0.1, -0.05) is 41.9 Å². The van der Waals surface area contributed by atoms with Gasteiger partial charge < -0.3 is 9.47 Å². The van der Waals surface area contributed by atoms with E-state index < -0.39 is 0 Å². The summed E-state index contributed by atoms with van der Waals surface area (Å²) in [5, 5.41) is 0.604. The number of amides is 1. The van der Waals surface area contributed by atoms with E-state index in [4.69, 9.17) is 16.6 Å². The molecule has 0 bridgehead atoms. The zero-order valence-electron chi connectivity index (χ0n) is 16.1. The molecule has 1 saturated heterocycles. The lowest BCUT2D eigenvalue weighted by Gasteiger charge is -2.18. The van der Waals surface area contributed by atoms with Crippen molar-refractivity contribution in [1.82, 2.24) is 9.55 Å². The van der Waals surface area contributed by atoms with E-state index >= 15 is 0 Å². The summed E-state index contributed by atoms with van der Waals surface area (Å²) in [7, 11) is 0. The number of aromatic nitrogens is 2. The van der Waals surface area contributed by atoms with Crippen molar-refractivity contribution >= 4 is 34.2 Å². The van der Waals surface area contributed by atoms with Crippen molar-refractivity contribution in [3.8, 4) is 0 Å². The summed E-state index contributed by atoms with van der Waals surface area (Å²) >= 11 is 6.12. The van der Waals surface area contributed by atoms with E-state index in [1.807, 2.05) is 42.5 Å². The molecule has 4 aromatic rings. The lowest BCUT2D eigenvalue weighted by atomic mass is 10.1. The Bertz CT molecular complexity index is 1230. The van der Waals surface area contributed by atoms with Crippen LogP contribution < -0.4 is 4.90 Å². The van der Waals surface area contributed by atoms with Gasteiger partial charge in [0.15, 0.2) is 0 Å². The summed E-state index contributed by atoms with van der Waals surface area (Å²) in [5.74, 6) is 0.637. The molecular weight excluding hydrogens is 401 g/mol. The number of benzene rings is 3. The molecule has 1 aliphatic rings. The monoisotopic (exact) mass is 419 g/mol. The average molecular weight is 420 g/mol. The topological polar surface area (TPSA) is 38.1 Å². The Morgan fingerprint density at radius 3 is 2.63 bits per heavy atom. The van der Waals surface area contributed by atoms with Crippen molar-refractivity contribution in [2.24, 2.45) is 0 Å². The number of anilines is 1. The van der Waals surface area contributed by atoms with Crippen LogP contribution in [0.4, 0.5) is 10.1 Å². The molecule has 2 heterocycles. The van der Waals surface area contributed by atoms with Crippen LogP contribution in [0.25, 0.3) is 11.0 Å². The summed E-state index contributed by atoms with van der Waals surface area (Å²) in [5.41, 5.74) is 3.68. The van der Waals surface area contributed by atoms with Gasteiger partial charge in [0.1, 0.15) is 11.6 Å². The van der Waals surface area contributed by atoms with E-state index in [9.17, 15) is 9.18 Å². The summed E-state index contributed by atoms with van der Waals surface area (Å²) in [6, 6.07) is 21.8. The van der Waals surface area contributed by atoms with Crippen LogP contribution in [0.1, 0.15) is 23.7 Å². The number of halogens is 2. The maximum absolute atomic E-state index is 13.3. The first kappa shape index (κ1) is 18.8. The van der Waals surface area contributed by atoms with Crippen molar-refractivity contribution in [3.05, 3.63) is 95.0 Å². The van der Waals surface area contributed by atoms with Crippen LogP contribution in [0, 0.1) is 5.82 Å². The third kappa shape index (κ3) is 3.46. The predicted octanol–water partition coefficient (Wildman–Crippen LogP) is 5.40. The normalized spacial score (nSPS) is 16.5. The number of nitrogens with zero attached hydrogens (tertiary/aromatic N) is 3. The van der Waals surface area contributed by atoms with Crippen LogP contribution in [0.15, 0.2) is 72.8 Å². The highest BCUT2D eigenvalue weighted by atomic mass is 35.5. The highest BCUT2D eigenvalue weighted by Gasteiger charge is 2.34. The summed E-state index contributed by atoms with van der Waals surface area (Å²) in [6.07, 6.45) is 0.388. The van der Waals surface area contributed by atoms with Crippen molar-refractivity contribution in [2.75, 3.05) is 11.4 Å². The van der Waals surface area contributed by atoms with Gasteiger partial charge >= 0.3 is 0 Å². The van der Waals surface area contributed by atoms with E-state index in [-0.39, 0.29) is 17.6 Å². The van der Waals surface area contributed by atoms with Gasteiger partial charge in [-0.15, -0.1) is 0 Å². The van der Waals surface area contributed by atoms with Crippen LogP contribution in [0.5, 0.6) is 0 Å². The van der Waals surface area contributed by atoms with Gasteiger partial charge in [0, 0.05) is 36.1 Å². The average Bonchev–Trinajstić information content (AvgIpc) is 3.30. The summed E-state index contributed by atoms with van der Waals surface area (Å²) in [6.45, 7) is 1.11. The van der Waals surface area contributed by atoms with Gasteiger partial charge in [-0.25, -0.2) is 9.37 Å². The Hall–Kier alpha value is -3.18. The maximum Gasteiger partial charge on any atom is 0.227 e. The van der Waals surface area contributed by atoms with Crippen molar-refractivity contribution < 1.29 is 9.18 Å². The predicted molar refractivity (Wildman–Crippen MR) is 116 cm³/mol. The van der Waals surface area contributed by atoms with Crippen LogP contribution in [0.2, 0.25) is 5.02 Å². The quantitative estimate of drug-likeness (QED) is 0.444. The number of carbonyl (C=O) groups is 1. The molecule has 5 rings (SSSR count). The zero-order valence-corrected chi connectivity index (χ0v) is 16.9. The number of hydrogen-bond acceptors (Lipinski definition) is 2. The van der Waals surface area contributed by atoms with Crippen LogP contribution in [-0.2, 0) is 11.3 Å². The standard InChI is InChI=1S/C24H19ClFN3O/c25-18-4-3-5-20(13-18)28-15-17(12-23(28)30)24-27-21-6-1-2-7-22(21)29(24)14-16-8-10-19(26)11-9-16/h1-11,13,17H,12,14-15H2/t17-/m1/s1. The lowest BCUT2D eigenvalue weighted by molar-refractivity contribution is -0.117. The Morgan fingerprint density at radius 1 is 1.03 bits per heavy atom. The fraction of sp³-hybridized carbons (Fsp3) is 0.167. The van der Waals surface area contributed by atoms with Gasteiger partial charge in [0.25, 0.3) is 0 Å². The number of para-hydroxylation sites is 2. The van der Waals surface area contributed by atoms with E-state index in [0.29, 0.717) is 24.5 Å². The van der Waals surface area contributed by atoms with Gasteiger partial charge in [-0.2, -0.15) is 0 Å². The molecule has 4 nitrogen and oxygen atoms in total. The number of imidazole rings is 1. The molecule has 0 radical (unpaired) electrons. The molecule has 1 amide bonds. The summed E-state index contributed by atoms with van der Waals surface area (Å²) in [4.78, 5) is 19.4. The molecule has 6 heteroatoms. The molecule has 30 heavy (non-hydrogen) atoms. The first-order valence-corrected chi connectivity index (χ1v) is 10.2. The number of rotatable bonds is 4. The Labute approximate surface area is 178 Å². The van der Waals surface area contributed by atoms with Crippen LogP contribution in [-0.4, -0.2) is 22.0 Å². The Balaban J connectivity index is 1.52. The van der Waals surface area contributed by atoms with Gasteiger partial charge in [0.2, 0.25) is 5.91 Å². The van der Waals surface area contributed by atoms with E-state index in [0.717, 1.165) is 28.1 Å². The van der Waals surface area contributed by atoms with E-state index in [2.05, 4.69) is 4.57 Å². The first-order chi connectivity index (χ1) is 14.6. The number of carbonyl (C=O) groups excluding carboxylic acids is 1. The molecule has 0 saturated carbocycles. The number of hydrogen-bond donors (Lipinski definition) is 0. The Kier molecular flexibility index (Phi) is 4.75. The summed E-state index contributed by atoms with van der Waals surface area (Å²) < 4.78 is 15.5. The first-order valence-electron chi connectivity index (χ1n) is 9.84. The third-order valence-corrected chi connectivity index (χ3v) is 5.78. The molecule has 0 aliphatic carbocycles. The molecule has 3 aromatic carbocycles. The Morgan fingerprint density at radius 2 is 1.83 bits per heavy atom. The minimum Gasteiger partial charge on any atom is -0.323 e. The number of fused-ring (bicyclic) bond motifs is 1. The minimum atomic E-state index is -0.256. The SMILES string of the molecule is O=C1C[C@@H](c2nc3ccccc3n2Cc2ccc(F)cc2)CN1c1cccc(Cl)c1. The molecular formula is C24H19ClFN3O. The van der Waals surface area contributed by atoms with Crippen molar-refractivity contribution in [2.45, 2.75) is 18.9 Å². The van der Waals surface area contributed by atoms with E-state index in [1.54, 1.807) is 23.1 Å². The fourth-order valence-electron chi connectivity index (χ4n) is 4.12. The maximum atomic E-state index is 13.3. The molecule has 150 valence electrons. The van der Waals surface area contributed by atoms with E-state index in [1.165, 1.54) is 12.1 Å². The fourth-order valence-corrected chi connectivity index (χ4v) is 4.30. The largest absolute Gasteiger partial charge is 0.323 e. The van der Waals surface area contributed by atoms with Crippen molar-refractivity contribution in [3.63, 3.8) is 0 Å².